The first-order valence-corrected chi connectivity index (χ1v) is 8.26. The molecule has 1 aromatic carbocycles. The Labute approximate surface area is 145 Å². The van der Waals surface area contributed by atoms with Gasteiger partial charge in [0.05, 0.1) is 18.4 Å². The molecule has 0 aliphatic heterocycles. The quantitative estimate of drug-likeness (QED) is 0.510. The highest BCUT2D eigenvalue weighted by Gasteiger charge is 2.06. The normalized spacial score (nSPS) is 11.0. The Kier molecular flexibility index (Phi) is 4.43. The van der Waals surface area contributed by atoms with E-state index in [9.17, 15) is 0 Å². The lowest BCUT2D eigenvalue weighted by molar-refractivity contribution is 0.493. The molecule has 6 nitrogen and oxygen atoms in total. The van der Waals surface area contributed by atoms with Gasteiger partial charge in [0.15, 0.2) is 5.76 Å². The number of hydrogen-bond acceptors (Lipinski definition) is 4. The molecule has 25 heavy (non-hydrogen) atoms. The first-order valence-electron chi connectivity index (χ1n) is 8.26. The number of rotatable bonds is 7. The summed E-state index contributed by atoms with van der Waals surface area (Å²) in [4.78, 5) is 0. The van der Waals surface area contributed by atoms with Gasteiger partial charge >= 0.3 is 0 Å². The Morgan fingerprint density at radius 2 is 2.00 bits per heavy atom. The van der Waals surface area contributed by atoms with Crippen LogP contribution in [0.5, 0.6) is 0 Å². The van der Waals surface area contributed by atoms with Crippen molar-refractivity contribution in [3.63, 3.8) is 0 Å². The van der Waals surface area contributed by atoms with E-state index in [0.29, 0.717) is 6.54 Å². The maximum atomic E-state index is 5.79. The first kappa shape index (κ1) is 15.4. The van der Waals surface area contributed by atoms with E-state index in [1.807, 2.05) is 59.4 Å². The molecule has 0 spiro atoms. The van der Waals surface area contributed by atoms with E-state index in [1.54, 1.807) is 6.20 Å². The Balaban J connectivity index is 1.27. The van der Waals surface area contributed by atoms with Crippen LogP contribution in [0.15, 0.2) is 71.5 Å². The highest BCUT2D eigenvalue weighted by atomic mass is 16.3. The number of aromatic amines is 1. The van der Waals surface area contributed by atoms with Gasteiger partial charge < -0.3 is 9.73 Å². The molecular formula is C19H19N5O. The molecule has 0 fully saturated rings. The van der Waals surface area contributed by atoms with Gasteiger partial charge in [0.25, 0.3) is 0 Å². The number of nitrogens with zero attached hydrogens (tertiary/aromatic N) is 3. The zero-order valence-electron chi connectivity index (χ0n) is 13.7. The van der Waals surface area contributed by atoms with Gasteiger partial charge in [0.2, 0.25) is 0 Å². The molecular weight excluding hydrogens is 314 g/mol. The van der Waals surface area contributed by atoms with Gasteiger partial charge in [-0.3, -0.25) is 5.10 Å². The van der Waals surface area contributed by atoms with Crippen molar-refractivity contribution in [2.75, 3.05) is 6.54 Å². The fraction of sp³-hybridized carbons (Fsp3) is 0.158. The molecule has 0 radical (unpaired) electrons. The van der Waals surface area contributed by atoms with Crippen molar-refractivity contribution in [1.29, 1.82) is 0 Å². The van der Waals surface area contributed by atoms with E-state index < -0.39 is 0 Å². The Bertz CT molecular complexity index is 908. The summed E-state index contributed by atoms with van der Waals surface area (Å²) in [5.41, 5.74) is 3.16. The predicted octanol–water partition coefficient (Wildman–Crippen LogP) is 3.19. The molecule has 0 saturated carbocycles. The van der Waals surface area contributed by atoms with Crippen LogP contribution in [0, 0.1) is 0 Å². The lowest BCUT2D eigenvalue weighted by Gasteiger charge is -2.01. The van der Waals surface area contributed by atoms with Crippen molar-refractivity contribution >= 4 is 0 Å². The van der Waals surface area contributed by atoms with E-state index in [1.165, 1.54) is 5.56 Å². The first-order chi connectivity index (χ1) is 12.4. The minimum atomic E-state index is 0.695. The third-order valence-corrected chi connectivity index (χ3v) is 3.97. The highest BCUT2D eigenvalue weighted by Crippen LogP contribution is 2.19. The van der Waals surface area contributed by atoms with Crippen LogP contribution in [0.3, 0.4) is 0 Å². The summed E-state index contributed by atoms with van der Waals surface area (Å²) in [7, 11) is 0. The fourth-order valence-corrected chi connectivity index (χ4v) is 2.67. The molecule has 0 unspecified atom stereocenters. The van der Waals surface area contributed by atoms with Crippen molar-refractivity contribution in [2.24, 2.45) is 0 Å². The zero-order chi connectivity index (χ0) is 16.9. The molecule has 6 heteroatoms. The van der Waals surface area contributed by atoms with E-state index in [2.05, 4.69) is 26.8 Å². The lowest BCUT2D eigenvalue weighted by Crippen LogP contribution is -2.16. The van der Waals surface area contributed by atoms with Crippen LogP contribution in [0.1, 0.15) is 11.3 Å². The van der Waals surface area contributed by atoms with Gasteiger partial charge in [-0.15, -0.1) is 0 Å². The smallest absolute Gasteiger partial charge is 0.152 e. The molecule has 0 atom stereocenters. The average molecular weight is 333 g/mol. The lowest BCUT2D eigenvalue weighted by atomic mass is 10.2. The molecule has 0 saturated heterocycles. The fourth-order valence-electron chi connectivity index (χ4n) is 2.67. The minimum Gasteiger partial charge on any atom is -0.458 e. The number of nitrogens with one attached hydrogen (secondary N) is 2. The van der Waals surface area contributed by atoms with Gasteiger partial charge in [-0.2, -0.15) is 10.2 Å². The standard InChI is InChI=1S/C19H19N5O/c1-2-4-16(5-3-1)24-14-15(12-22-24)8-10-20-13-17-6-7-19(25-17)18-9-11-21-23-18/h1-7,9,11-12,14,20H,8,10,13H2,(H,21,23). The van der Waals surface area contributed by atoms with E-state index >= 15 is 0 Å². The van der Waals surface area contributed by atoms with Gasteiger partial charge in [0.1, 0.15) is 11.5 Å². The molecule has 4 rings (SSSR count). The monoisotopic (exact) mass is 333 g/mol. The SMILES string of the molecule is c1ccc(-n2cc(CCNCc3ccc(-c4ccn[nH]4)o3)cn2)cc1. The summed E-state index contributed by atoms with van der Waals surface area (Å²) in [5, 5.41) is 14.6. The van der Waals surface area contributed by atoms with Crippen LogP contribution >= 0.6 is 0 Å². The largest absolute Gasteiger partial charge is 0.458 e. The van der Waals surface area contributed by atoms with Crippen LogP contribution in [0.25, 0.3) is 17.1 Å². The number of para-hydroxylation sites is 1. The summed E-state index contributed by atoms with van der Waals surface area (Å²) in [6, 6.07) is 15.9. The van der Waals surface area contributed by atoms with Gasteiger partial charge in [-0.05, 0) is 48.9 Å². The van der Waals surface area contributed by atoms with E-state index in [4.69, 9.17) is 4.42 Å². The molecule has 3 heterocycles. The molecule has 4 aromatic rings. The summed E-state index contributed by atoms with van der Waals surface area (Å²) in [5.74, 6) is 1.71. The second-order valence-corrected chi connectivity index (χ2v) is 5.79. The maximum Gasteiger partial charge on any atom is 0.152 e. The van der Waals surface area contributed by atoms with Crippen molar-refractivity contribution in [1.82, 2.24) is 25.3 Å². The molecule has 3 aromatic heterocycles. The molecule has 0 aliphatic carbocycles. The van der Waals surface area contributed by atoms with Crippen LogP contribution in [0.4, 0.5) is 0 Å². The zero-order valence-corrected chi connectivity index (χ0v) is 13.7. The molecule has 0 amide bonds. The number of benzene rings is 1. The summed E-state index contributed by atoms with van der Waals surface area (Å²) in [6.45, 7) is 1.56. The maximum absolute atomic E-state index is 5.79. The second kappa shape index (κ2) is 7.19. The third kappa shape index (κ3) is 3.70. The van der Waals surface area contributed by atoms with Crippen molar-refractivity contribution < 1.29 is 4.42 Å². The van der Waals surface area contributed by atoms with Crippen molar-refractivity contribution in [2.45, 2.75) is 13.0 Å². The summed E-state index contributed by atoms with van der Waals surface area (Å²) in [6.07, 6.45) is 6.62. The Morgan fingerprint density at radius 1 is 1.08 bits per heavy atom. The molecule has 0 aliphatic rings. The number of aromatic nitrogens is 4. The van der Waals surface area contributed by atoms with Crippen LogP contribution in [-0.4, -0.2) is 26.5 Å². The van der Waals surface area contributed by atoms with Crippen LogP contribution in [0.2, 0.25) is 0 Å². The summed E-state index contributed by atoms with van der Waals surface area (Å²) >= 11 is 0. The number of H-pyrrole nitrogens is 1. The third-order valence-electron chi connectivity index (χ3n) is 3.97. The number of hydrogen-bond donors (Lipinski definition) is 2. The summed E-state index contributed by atoms with van der Waals surface area (Å²) < 4.78 is 7.69. The highest BCUT2D eigenvalue weighted by molar-refractivity contribution is 5.51. The Morgan fingerprint density at radius 3 is 2.84 bits per heavy atom. The molecule has 0 bridgehead atoms. The Hall–Kier alpha value is -3.12. The van der Waals surface area contributed by atoms with Crippen molar-refractivity contribution in [3.05, 3.63) is 78.4 Å². The van der Waals surface area contributed by atoms with Crippen molar-refractivity contribution in [3.8, 4) is 17.1 Å². The van der Waals surface area contributed by atoms with Gasteiger partial charge in [-0.1, -0.05) is 18.2 Å². The minimum absolute atomic E-state index is 0.695. The number of furan rings is 1. The van der Waals surface area contributed by atoms with E-state index in [0.717, 1.165) is 35.9 Å². The molecule has 2 N–H and O–H groups in total. The topological polar surface area (TPSA) is 71.7 Å². The van der Waals surface area contributed by atoms with Crippen LogP contribution < -0.4 is 5.32 Å². The average Bonchev–Trinajstić information content (AvgIpc) is 3.40. The molecule has 126 valence electrons. The van der Waals surface area contributed by atoms with Crippen LogP contribution in [-0.2, 0) is 13.0 Å². The van der Waals surface area contributed by atoms with E-state index in [-0.39, 0.29) is 0 Å². The second-order valence-electron chi connectivity index (χ2n) is 5.79. The van der Waals surface area contributed by atoms with Gasteiger partial charge in [0, 0.05) is 12.4 Å². The predicted molar refractivity (Wildman–Crippen MR) is 95.3 cm³/mol. The van der Waals surface area contributed by atoms with Gasteiger partial charge in [-0.25, -0.2) is 4.68 Å².